The van der Waals surface area contributed by atoms with E-state index >= 15 is 0 Å². The molecule has 5 nitrogen and oxygen atoms in total. The van der Waals surface area contributed by atoms with E-state index in [1.54, 1.807) is 17.7 Å². The van der Waals surface area contributed by atoms with Crippen molar-refractivity contribution in [1.29, 1.82) is 0 Å². The lowest BCUT2D eigenvalue weighted by molar-refractivity contribution is 0.304. The largest absolute Gasteiger partial charge is 0.485 e. The molecule has 5 heteroatoms. The molecular formula is C30H42N2O3. The Morgan fingerprint density at radius 1 is 0.829 bits per heavy atom. The first kappa shape index (κ1) is 28.0. The number of ether oxygens (including phenoxy) is 2. The molecule has 0 atom stereocenters. The lowest BCUT2D eigenvalue weighted by Gasteiger charge is -2.16. The maximum absolute atomic E-state index is 13.2. The van der Waals surface area contributed by atoms with E-state index in [-0.39, 0.29) is 11.3 Å². The maximum Gasteiger partial charge on any atom is 0.297 e. The molecular weight excluding hydrogens is 436 g/mol. The molecule has 2 aromatic rings. The van der Waals surface area contributed by atoms with Crippen LogP contribution in [0.25, 0.3) is 10.9 Å². The normalized spacial score (nSPS) is 12.0. The molecule has 0 aliphatic rings. The summed E-state index contributed by atoms with van der Waals surface area (Å²) in [7, 11) is 1.73. The number of aryl methyl sites for hydroxylation is 1. The van der Waals surface area contributed by atoms with Gasteiger partial charge in [0.1, 0.15) is 13.2 Å². The number of aromatic nitrogens is 1. The summed E-state index contributed by atoms with van der Waals surface area (Å²) < 4.78 is 13.8. The highest BCUT2D eigenvalue weighted by molar-refractivity contribution is 5.90. The van der Waals surface area contributed by atoms with Gasteiger partial charge in [0.2, 0.25) is 5.75 Å². The summed E-state index contributed by atoms with van der Waals surface area (Å²) in [6.07, 6.45) is 12.5. The van der Waals surface area contributed by atoms with Gasteiger partial charge in [0.15, 0.2) is 5.75 Å². The number of pyridine rings is 1. The van der Waals surface area contributed by atoms with E-state index in [1.807, 2.05) is 18.2 Å². The Balaban J connectivity index is 2.29. The Bertz CT molecular complexity index is 1190. The minimum absolute atomic E-state index is 0.230. The molecule has 2 rings (SSSR count). The average Bonchev–Trinajstić information content (AvgIpc) is 2.78. The molecule has 1 aromatic heterocycles. The van der Waals surface area contributed by atoms with Gasteiger partial charge in [-0.15, -0.1) is 0 Å². The van der Waals surface area contributed by atoms with Gasteiger partial charge in [-0.25, -0.2) is 0 Å². The number of allylic oxidation sites excluding steroid dienone is 6. The predicted molar refractivity (Wildman–Crippen MR) is 149 cm³/mol. The standard InChI is InChI=1S/C30H42N2O3/c1-21(2)10-8-12-23(5)16-18-34-28-26-15-14-25(31)20-27(26)32(7)30(33)29(28)35-19-17-24(6)13-9-11-22(3)4/h10-11,14-17,20H,8-9,12-13,18-19,31H2,1-7H3/b23-16+,24-17+. The van der Waals surface area contributed by atoms with Gasteiger partial charge in [-0.2, -0.15) is 0 Å². The molecule has 0 aliphatic carbocycles. The van der Waals surface area contributed by atoms with Crippen LogP contribution < -0.4 is 20.8 Å². The molecule has 0 aliphatic heterocycles. The Labute approximate surface area is 210 Å². The number of rotatable bonds is 12. The van der Waals surface area contributed by atoms with Crippen LogP contribution in [0.2, 0.25) is 0 Å². The lowest BCUT2D eigenvalue weighted by Crippen LogP contribution is -2.21. The van der Waals surface area contributed by atoms with Crippen molar-refractivity contribution in [3.8, 4) is 11.5 Å². The van der Waals surface area contributed by atoms with E-state index in [1.165, 1.54) is 22.3 Å². The number of hydrogen-bond donors (Lipinski definition) is 1. The third-order valence-electron chi connectivity index (χ3n) is 5.83. The van der Waals surface area contributed by atoms with Crippen molar-refractivity contribution >= 4 is 16.6 Å². The van der Waals surface area contributed by atoms with Crippen LogP contribution in [-0.4, -0.2) is 17.8 Å². The van der Waals surface area contributed by atoms with Crippen molar-refractivity contribution in [2.45, 2.75) is 67.2 Å². The van der Waals surface area contributed by atoms with Gasteiger partial charge in [0, 0.05) is 18.1 Å². The summed E-state index contributed by atoms with van der Waals surface area (Å²) >= 11 is 0. The van der Waals surface area contributed by atoms with Crippen molar-refractivity contribution in [3.63, 3.8) is 0 Å². The number of hydrogen-bond acceptors (Lipinski definition) is 4. The highest BCUT2D eigenvalue weighted by atomic mass is 16.5. The Hall–Kier alpha value is -3.21. The number of benzene rings is 1. The molecule has 0 saturated carbocycles. The van der Waals surface area contributed by atoms with Gasteiger partial charge < -0.3 is 19.8 Å². The first-order valence-corrected chi connectivity index (χ1v) is 12.4. The Kier molecular flexibility index (Phi) is 10.9. The van der Waals surface area contributed by atoms with E-state index in [4.69, 9.17) is 15.2 Å². The number of nitrogen functional groups attached to an aromatic ring is 1. The second kappa shape index (κ2) is 13.6. The van der Waals surface area contributed by atoms with Gasteiger partial charge in [0.05, 0.1) is 5.52 Å². The molecule has 0 spiro atoms. The fourth-order valence-corrected chi connectivity index (χ4v) is 3.69. The minimum Gasteiger partial charge on any atom is -0.485 e. The second-order valence-corrected chi connectivity index (χ2v) is 9.66. The van der Waals surface area contributed by atoms with Crippen LogP contribution in [0, 0.1) is 0 Å². The van der Waals surface area contributed by atoms with Crippen LogP contribution in [-0.2, 0) is 7.05 Å². The number of nitrogens with zero attached hydrogens (tertiary/aromatic N) is 1. The lowest BCUT2D eigenvalue weighted by atomic mass is 10.1. The molecule has 0 bridgehead atoms. The summed E-state index contributed by atoms with van der Waals surface area (Å²) in [5.74, 6) is 0.695. The zero-order valence-electron chi connectivity index (χ0n) is 22.5. The topological polar surface area (TPSA) is 66.5 Å². The molecule has 0 radical (unpaired) electrons. The van der Waals surface area contributed by atoms with Gasteiger partial charge in [-0.1, -0.05) is 34.4 Å². The first-order valence-electron chi connectivity index (χ1n) is 12.4. The summed E-state index contributed by atoms with van der Waals surface area (Å²) in [5, 5.41) is 0.802. The SMILES string of the molecule is CC(C)=CCC/C(C)=C/COc1c(OC/C=C(\C)CCC=C(C)C)c2ccc(N)cc2n(C)c1=O. The highest BCUT2D eigenvalue weighted by Gasteiger charge is 2.18. The van der Waals surface area contributed by atoms with Gasteiger partial charge in [-0.3, -0.25) is 4.79 Å². The first-order chi connectivity index (χ1) is 16.6. The third-order valence-corrected chi connectivity index (χ3v) is 5.83. The maximum atomic E-state index is 13.2. The third kappa shape index (κ3) is 8.82. The molecule has 1 aromatic carbocycles. The summed E-state index contributed by atoms with van der Waals surface area (Å²) in [4.78, 5) is 13.2. The second-order valence-electron chi connectivity index (χ2n) is 9.66. The minimum atomic E-state index is -0.238. The summed E-state index contributed by atoms with van der Waals surface area (Å²) in [6.45, 7) is 13.3. The molecule has 35 heavy (non-hydrogen) atoms. The van der Waals surface area contributed by atoms with Crippen LogP contribution in [0.15, 0.2) is 69.6 Å². The van der Waals surface area contributed by atoms with Crippen molar-refractivity contribution < 1.29 is 9.47 Å². The number of fused-ring (bicyclic) bond motifs is 1. The summed E-state index contributed by atoms with van der Waals surface area (Å²) in [6, 6.07) is 5.50. The van der Waals surface area contributed by atoms with Gasteiger partial charge in [-0.05, 0) is 97.6 Å². The van der Waals surface area contributed by atoms with E-state index < -0.39 is 0 Å². The van der Waals surface area contributed by atoms with Crippen molar-refractivity contribution in [3.05, 3.63) is 75.1 Å². The fourth-order valence-electron chi connectivity index (χ4n) is 3.69. The molecule has 0 saturated heterocycles. The molecule has 0 fully saturated rings. The Morgan fingerprint density at radius 3 is 1.86 bits per heavy atom. The van der Waals surface area contributed by atoms with Crippen LogP contribution in [0.5, 0.6) is 11.5 Å². The van der Waals surface area contributed by atoms with Gasteiger partial charge >= 0.3 is 0 Å². The average molecular weight is 479 g/mol. The molecule has 0 amide bonds. The van der Waals surface area contributed by atoms with Crippen molar-refractivity contribution in [2.24, 2.45) is 7.05 Å². The number of anilines is 1. The van der Waals surface area contributed by atoms with E-state index in [9.17, 15) is 4.79 Å². The summed E-state index contributed by atoms with van der Waals surface area (Å²) in [5.41, 5.74) is 12.2. The van der Waals surface area contributed by atoms with Crippen LogP contribution in [0.4, 0.5) is 5.69 Å². The van der Waals surface area contributed by atoms with E-state index in [0.717, 1.165) is 36.6 Å². The quantitative estimate of drug-likeness (QED) is 0.257. The molecule has 2 N–H and O–H groups in total. The Morgan fingerprint density at radius 2 is 1.34 bits per heavy atom. The zero-order valence-corrected chi connectivity index (χ0v) is 22.5. The number of nitrogens with two attached hydrogens (primary N) is 1. The highest BCUT2D eigenvalue weighted by Crippen LogP contribution is 2.33. The predicted octanol–water partition coefficient (Wildman–Crippen LogP) is 7.26. The van der Waals surface area contributed by atoms with Crippen molar-refractivity contribution in [1.82, 2.24) is 4.57 Å². The zero-order chi connectivity index (χ0) is 26.0. The van der Waals surface area contributed by atoms with E-state index in [0.29, 0.717) is 24.7 Å². The molecule has 0 unspecified atom stereocenters. The molecule has 1 heterocycles. The van der Waals surface area contributed by atoms with Crippen LogP contribution >= 0.6 is 0 Å². The smallest absolute Gasteiger partial charge is 0.297 e. The fraction of sp³-hybridized carbons (Fsp3) is 0.433. The van der Waals surface area contributed by atoms with Gasteiger partial charge in [0.25, 0.3) is 5.56 Å². The van der Waals surface area contributed by atoms with E-state index in [2.05, 4.69) is 59.8 Å². The van der Waals surface area contributed by atoms with Crippen LogP contribution in [0.1, 0.15) is 67.2 Å². The monoisotopic (exact) mass is 478 g/mol. The van der Waals surface area contributed by atoms with Crippen molar-refractivity contribution in [2.75, 3.05) is 18.9 Å². The van der Waals surface area contributed by atoms with Crippen LogP contribution in [0.3, 0.4) is 0 Å². The molecule has 190 valence electrons.